The van der Waals surface area contributed by atoms with Crippen LogP contribution in [0.4, 0.5) is 13.2 Å². The summed E-state index contributed by atoms with van der Waals surface area (Å²) in [6, 6.07) is 4.97. The summed E-state index contributed by atoms with van der Waals surface area (Å²) in [5, 5.41) is 0.962. The molecule has 9 heteroatoms. The number of hydrogen-bond donors (Lipinski definition) is 0. The zero-order valence-electron chi connectivity index (χ0n) is 11.3. The van der Waals surface area contributed by atoms with Crippen LogP contribution in [0.25, 0.3) is 0 Å². The second-order valence-electron chi connectivity index (χ2n) is 4.31. The van der Waals surface area contributed by atoms with Crippen LogP contribution in [0.3, 0.4) is 0 Å². The minimum atomic E-state index is -4.33. The molecule has 120 valence electrons. The molecule has 2 rings (SSSR count). The topological polar surface area (TPSA) is 27.1 Å². The Morgan fingerprint density at radius 3 is 2.41 bits per heavy atom. The van der Waals surface area contributed by atoms with Crippen LogP contribution in [0, 0.1) is 0 Å². The van der Waals surface area contributed by atoms with E-state index < -0.39 is 11.7 Å². The van der Waals surface area contributed by atoms with Crippen LogP contribution in [0.5, 0.6) is 0 Å². The molecule has 1 aromatic heterocycles. The first kappa shape index (κ1) is 17.5. The van der Waals surface area contributed by atoms with Gasteiger partial charge in [-0.2, -0.15) is 13.2 Å². The lowest BCUT2D eigenvalue weighted by Gasteiger charge is -2.09. The van der Waals surface area contributed by atoms with Crippen molar-refractivity contribution in [3.63, 3.8) is 0 Å². The number of methoxy groups -OCH3 is 1. The molecular formula is C13H11Cl2F3N2OS. The first-order valence-corrected chi connectivity index (χ1v) is 7.76. The SMILES string of the molecule is COCn1c(SCc2ccc(C(F)(F)F)cc2)nc(Cl)c1Cl. The third-order valence-corrected chi connectivity index (χ3v) is 4.53. The molecule has 0 aliphatic heterocycles. The summed E-state index contributed by atoms with van der Waals surface area (Å²) in [6.45, 7) is 0.188. The quantitative estimate of drug-likeness (QED) is 0.684. The number of thioether (sulfide) groups is 1. The molecule has 0 saturated heterocycles. The van der Waals surface area contributed by atoms with E-state index >= 15 is 0 Å². The molecule has 0 atom stereocenters. The van der Waals surface area contributed by atoms with Crippen LogP contribution in [-0.4, -0.2) is 16.7 Å². The predicted molar refractivity (Wildman–Crippen MR) is 80.3 cm³/mol. The van der Waals surface area contributed by atoms with Gasteiger partial charge in [-0.05, 0) is 17.7 Å². The number of alkyl halides is 3. The smallest absolute Gasteiger partial charge is 0.364 e. The van der Waals surface area contributed by atoms with E-state index in [4.69, 9.17) is 27.9 Å². The number of nitrogens with zero attached hydrogens (tertiary/aromatic N) is 2. The van der Waals surface area contributed by atoms with Gasteiger partial charge in [0.2, 0.25) is 0 Å². The van der Waals surface area contributed by atoms with Gasteiger partial charge in [0.05, 0.1) is 5.56 Å². The van der Waals surface area contributed by atoms with Crippen molar-refractivity contribution < 1.29 is 17.9 Å². The van der Waals surface area contributed by atoms with E-state index in [-0.39, 0.29) is 17.0 Å². The molecule has 0 saturated carbocycles. The van der Waals surface area contributed by atoms with Crippen LogP contribution in [0.2, 0.25) is 10.3 Å². The molecule has 0 N–H and O–H groups in total. The summed E-state index contributed by atoms with van der Waals surface area (Å²) in [6.07, 6.45) is -4.33. The maximum Gasteiger partial charge on any atom is 0.416 e. The van der Waals surface area contributed by atoms with Gasteiger partial charge >= 0.3 is 6.18 Å². The highest BCUT2D eigenvalue weighted by molar-refractivity contribution is 7.98. The molecule has 0 radical (unpaired) electrons. The molecule has 0 bridgehead atoms. The van der Waals surface area contributed by atoms with Crippen LogP contribution in [0.1, 0.15) is 11.1 Å². The van der Waals surface area contributed by atoms with E-state index in [9.17, 15) is 13.2 Å². The van der Waals surface area contributed by atoms with E-state index in [1.807, 2.05) is 0 Å². The van der Waals surface area contributed by atoms with Gasteiger partial charge in [0.25, 0.3) is 0 Å². The Morgan fingerprint density at radius 1 is 1.23 bits per heavy atom. The fourth-order valence-corrected chi connectivity index (χ4v) is 3.07. The fraction of sp³-hybridized carbons (Fsp3) is 0.308. The molecular weight excluding hydrogens is 360 g/mol. The largest absolute Gasteiger partial charge is 0.416 e. The van der Waals surface area contributed by atoms with Gasteiger partial charge in [0.1, 0.15) is 6.73 Å². The second-order valence-corrected chi connectivity index (χ2v) is 5.96. The van der Waals surface area contributed by atoms with Crippen LogP contribution in [-0.2, 0) is 23.4 Å². The maximum absolute atomic E-state index is 12.5. The molecule has 3 nitrogen and oxygen atoms in total. The summed E-state index contributed by atoms with van der Waals surface area (Å²) in [7, 11) is 1.51. The molecule has 0 aliphatic rings. The van der Waals surface area contributed by atoms with Gasteiger partial charge in [-0.25, -0.2) is 4.98 Å². The van der Waals surface area contributed by atoms with Gasteiger partial charge < -0.3 is 4.74 Å². The monoisotopic (exact) mass is 370 g/mol. The van der Waals surface area contributed by atoms with E-state index in [0.29, 0.717) is 10.9 Å². The number of rotatable bonds is 5. The van der Waals surface area contributed by atoms with Gasteiger partial charge in [-0.15, -0.1) is 0 Å². The minimum Gasteiger partial charge on any atom is -0.364 e. The highest BCUT2D eigenvalue weighted by atomic mass is 35.5. The number of ether oxygens (including phenoxy) is 1. The summed E-state index contributed by atoms with van der Waals surface area (Å²) in [5.41, 5.74) is 0.0606. The molecule has 1 heterocycles. The van der Waals surface area contributed by atoms with Gasteiger partial charge in [0, 0.05) is 12.9 Å². The minimum absolute atomic E-state index is 0.161. The average Bonchev–Trinajstić information content (AvgIpc) is 2.73. The zero-order valence-corrected chi connectivity index (χ0v) is 13.7. The summed E-state index contributed by atoms with van der Waals surface area (Å²) in [5.74, 6) is 0.436. The first-order chi connectivity index (χ1) is 10.3. The van der Waals surface area contributed by atoms with E-state index in [0.717, 1.165) is 17.7 Å². The molecule has 0 amide bonds. The second kappa shape index (κ2) is 7.12. The van der Waals surface area contributed by atoms with E-state index in [1.165, 1.54) is 31.0 Å². The molecule has 0 fully saturated rings. The number of halogens is 5. The molecule has 0 aliphatic carbocycles. The van der Waals surface area contributed by atoms with Crippen molar-refractivity contribution in [3.05, 3.63) is 45.7 Å². The molecule has 0 unspecified atom stereocenters. The highest BCUT2D eigenvalue weighted by Gasteiger charge is 2.29. The molecule has 2 aromatic rings. The van der Waals surface area contributed by atoms with Gasteiger partial charge in [-0.1, -0.05) is 47.1 Å². The van der Waals surface area contributed by atoms with Crippen molar-refractivity contribution >= 4 is 35.0 Å². The Bertz CT molecular complexity index is 644. The number of hydrogen-bond acceptors (Lipinski definition) is 3. The zero-order chi connectivity index (χ0) is 16.3. The van der Waals surface area contributed by atoms with E-state index in [1.54, 1.807) is 4.57 Å². The molecule has 0 spiro atoms. The normalized spacial score (nSPS) is 11.9. The first-order valence-electron chi connectivity index (χ1n) is 6.02. The van der Waals surface area contributed by atoms with Crippen molar-refractivity contribution in [2.75, 3.05) is 7.11 Å². The molecule has 22 heavy (non-hydrogen) atoms. The third-order valence-electron chi connectivity index (χ3n) is 2.74. The lowest BCUT2D eigenvalue weighted by Crippen LogP contribution is -2.04. The van der Waals surface area contributed by atoms with Gasteiger partial charge in [-0.3, -0.25) is 4.57 Å². The Labute approximate surface area is 139 Å². The Hall–Kier alpha value is -0.890. The standard InChI is InChI=1S/C13H11Cl2F3N2OS/c1-21-7-20-11(15)10(14)19-12(20)22-6-8-2-4-9(5-3-8)13(16,17)18/h2-5H,6-7H2,1H3. The van der Waals surface area contributed by atoms with E-state index in [2.05, 4.69) is 4.98 Å². The van der Waals surface area contributed by atoms with Crippen molar-refractivity contribution in [3.8, 4) is 0 Å². The number of imidazole rings is 1. The van der Waals surface area contributed by atoms with Crippen molar-refractivity contribution in [2.45, 2.75) is 23.8 Å². The van der Waals surface area contributed by atoms with Crippen LogP contribution >= 0.6 is 35.0 Å². The maximum atomic E-state index is 12.5. The predicted octanol–water partition coefficient (Wildman–Crippen LogP) is 5.10. The van der Waals surface area contributed by atoms with Gasteiger partial charge in [0.15, 0.2) is 15.5 Å². The number of aromatic nitrogens is 2. The lowest BCUT2D eigenvalue weighted by molar-refractivity contribution is -0.137. The Balaban J connectivity index is 2.09. The molecule has 1 aromatic carbocycles. The Morgan fingerprint density at radius 2 is 1.86 bits per heavy atom. The summed E-state index contributed by atoms with van der Waals surface area (Å²) >= 11 is 13.2. The summed E-state index contributed by atoms with van der Waals surface area (Å²) in [4.78, 5) is 4.10. The average molecular weight is 371 g/mol. The van der Waals surface area contributed by atoms with Crippen molar-refractivity contribution in [1.29, 1.82) is 0 Å². The van der Waals surface area contributed by atoms with Crippen molar-refractivity contribution in [1.82, 2.24) is 9.55 Å². The van der Waals surface area contributed by atoms with Crippen molar-refractivity contribution in [2.24, 2.45) is 0 Å². The lowest BCUT2D eigenvalue weighted by atomic mass is 10.1. The van der Waals surface area contributed by atoms with Crippen LogP contribution in [0.15, 0.2) is 29.4 Å². The number of benzene rings is 1. The fourth-order valence-electron chi connectivity index (χ4n) is 1.67. The summed E-state index contributed by atoms with van der Waals surface area (Å²) < 4.78 is 44.1. The Kier molecular flexibility index (Phi) is 5.65. The third kappa shape index (κ3) is 4.10. The highest BCUT2D eigenvalue weighted by Crippen LogP contribution is 2.32. The van der Waals surface area contributed by atoms with Crippen LogP contribution < -0.4 is 0 Å².